The second-order valence-corrected chi connectivity index (χ2v) is 7.72. The van der Waals surface area contributed by atoms with Crippen LogP contribution in [0.25, 0.3) is 55.2 Å². The molecule has 4 aromatic carbocycles. The van der Waals surface area contributed by atoms with E-state index in [9.17, 15) is 0 Å². The first-order valence-corrected chi connectivity index (χ1v) is 9.82. The number of rotatable bonds is 1. The Bertz CT molecular complexity index is 1370. The van der Waals surface area contributed by atoms with Crippen molar-refractivity contribution in [1.82, 2.24) is 4.98 Å². The van der Waals surface area contributed by atoms with Crippen LogP contribution in [0.4, 0.5) is 0 Å². The standard InChI is InChI=1S/C25H14BrN/c26-24-18-12-6-4-10-16(18)22-17-11-5-7-13-19(17)25-23(22)20(24)14-21(27-25)15-8-2-1-3-9-15/h1-14H. The maximum absolute atomic E-state index is 5.11. The third-order valence-electron chi connectivity index (χ3n) is 5.46. The number of halogens is 1. The molecule has 0 bridgehead atoms. The number of benzene rings is 4. The molecule has 0 saturated heterocycles. The van der Waals surface area contributed by atoms with Crippen LogP contribution in [-0.4, -0.2) is 4.98 Å². The van der Waals surface area contributed by atoms with Crippen LogP contribution >= 0.6 is 15.9 Å². The highest BCUT2D eigenvalue weighted by molar-refractivity contribution is 9.10. The predicted octanol–water partition coefficient (Wildman–Crippen LogP) is 7.46. The molecule has 0 spiro atoms. The molecule has 0 unspecified atom stereocenters. The van der Waals surface area contributed by atoms with Crippen LogP contribution in [-0.2, 0) is 0 Å². The summed E-state index contributed by atoms with van der Waals surface area (Å²) in [6.07, 6.45) is 0. The van der Waals surface area contributed by atoms with Gasteiger partial charge in [0.05, 0.1) is 11.4 Å². The monoisotopic (exact) mass is 407 g/mol. The van der Waals surface area contributed by atoms with E-state index in [4.69, 9.17) is 4.98 Å². The summed E-state index contributed by atoms with van der Waals surface area (Å²) in [5, 5.41) is 5.00. The summed E-state index contributed by atoms with van der Waals surface area (Å²) in [6, 6.07) is 29.9. The first-order valence-electron chi connectivity index (χ1n) is 9.03. The van der Waals surface area contributed by atoms with Crippen LogP contribution in [0.15, 0.2) is 89.4 Å². The van der Waals surface area contributed by atoms with Gasteiger partial charge in [0.2, 0.25) is 0 Å². The first kappa shape index (κ1) is 15.1. The topological polar surface area (TPSA) is 12.9 Å². The van der Waals surface area contributed by atoms with Crippen molar-refractivity contribution < 1.29 is 0 Å². The minimum atomic E-state index is 1.01. The molecular weight excluding hydrogens is 394 g/mol. The number of hydrogen-bond acceptors (Lipinski definition) is 1. The van der Waals surface area contributed by atoms with Crippen LogP contribution in [0.2, 0.25) is 0 Å². The molecular formula is C25H14BrN. The lowest BCUT2D eigenvalue weighted by Gasteiger charge is -2.12. The van der Waals surface area contributed by atoms with Gasteiger partial charge in [0.25, 0.3) is 0 Å². The van der Waals surface area contributed by atoms with Gasteiger partial charge >= 0.3 is 0 Å². The number of nitrogens with zero attached hydrogens (tertiary/aromatic N) is 1. The number of aromatic nitrogens is 1. The van der Waals surface area contributed by atoms with E-state index in [2.05, 4.69) is 94.8 Å². The van der Waals surface area contributed by atoms with Gasteiger partial charge in [-0.15, -0.1) is 0 Å². The Labute approximate surface area is 165 Å². The predicted molar refractivity (Wildman–Crippen MR) is 117 cm³/mol. The van der Waals surface area contributed by atoms with E-state index in [0.29, 0.717) is 0 Å². The van der Waals surface area contributed by atoms with Crippen molar-refractivity contribution in [3.05, 3.63) is 89.4 Å². The molecule has 1 nitrogen and oxygen atoms in total. The maximum Gasteiger partial charge on any atom is 0.0800 e. The lowest BCUT2D eigenvalue weighted by atomic mass is 9.95. The molecule has 0 aliphatic heterocycles. The van der Waals surface area contributed by atoms with Crippen LogP contribution in [0.5, 0.6) is 0 Å². The summed E-state index contributed by atoms with van der Waals surface area (Å²) < 4.78 is 1.14. The van der Waals surface area contributed by atoms with Gasteiger partial charge < -0.3 is 0 Å². The molecule has 0 saturated carbocycles. The lowest BCUT2D eigenvalue weighted by molar-refractivity contribution is 1.36. The highest BCUT2D eigenvalue weighted by Crippen LogP contribution is 2.52. The van der Waals surface area contributed by atoms with Gasteiger partial charge in [-0.3, -0.25) is 0 Å². The highest BCUT2D eigenvalue weighted by atomic mass is 79.9. The van der Waals surface area contributed by atoms with E-state index in [0.717, 1.165) is 21.4 Å². The summed E-state index contributed by atoms with van der Waals surface area (Å²) in [5.41, 5.74) is 7.04. The molecule has 0 radical (unpaired) electrons. The maximum atomic E-state index is 5.11. The van der Waals surface area contributed by atoms with Crippen LogP contribution in [0.3, 0.4) is 0 Å². The smallest absolute Gasteiger partial charge is 0.0800 e. The average molecular weight is 408 g/mol. The Balaban J connectivity index is 1.86. The van der Waals surface area contributed by atoms with Crippen molar-refractivity contribution in [1.29, 1.82) is 0 Å². The molecule has 6 rings (SSSR count). The minimum absolute atomic E-state index is 1.01. The molecule has 5 aromatic rings. The molecule has 27 heavy (non-hydrogen) atoms. The van der Waals surface area contributed by atoms with Crippen molar-refractivity contribution in [3.63, 3.8) is 0 Å². The second kappa shape index (κ2) is 5.51. The third-order valence-corrected chi connectivity index (χ3v) is 6.31. The molecule has 1 aliphatic rings. The fourth-order valence-electron chi connectivity index (χ4n) is 4.28. The minimum Gasteiger partial charge on any atom is -0.247 e. The zero-order valence-electron chi connectivity index (χ0n) is 14.4. The van der Waals surface area contributed by atoms with Gasteiger partial charge in [-0.1, -0.05) is 78.9 Å². The molecule has 126 valence electrons. The summed E-state index contributed by atoms with van der Waals surface area (Å²) in [5.74, 6) is 0. The lowest BCUT2D eigenvalue weighted by Crippen LogP contribution is -1.89. The van der Waals surface area contributed by atoms with E-state index in [1.165, 1.54) is 38.2 Å². The van der Waals surface area contributed by atoms with E-state index < -0.39 is 0 Å². The van der Waals surface area contributed by atoms with Crippen molar-refractivity contribution in [3.8, 4) is 33.6 Å². The van der Waals surface area contributed by atoms with Crippen LogP contribution in [0, 0.1) is 0 Å². The van der Waals surface area contributed by atoms with Gasteiger partial charge in [0.15, 0.2) is 0 Å². The zero-order valence-corrected chi connectivity index (χ0v) is 16.0. The van der Waals surface area contributed by atoms with E-state index in [-0.39, 0.29) is 0 Å². The summed E-state index contributed by atoms with van der Waals surface area (Å²) >= 11 is 3.90. The van der Waals surface area contributed by atoms with Crippen molar-refractivity contribution >= 4 is 37.5 Å². The molecule has 0 atom stereocenters. The van der Waals surface area contributed by atoms with Crippen molar-refractivity contribution in [2.45, 2.75) is 0 Å². The van der Waals surface area contributed by atoms with Crippen molar-refractivity contribution in [2.24, 2.45) is 0 Å². The van der Waals surface area contributed by atoms with Gasteiger partial charge in [-0.05, 0) is 38.3 Å². The molecule has 1 aromatic heterocycles. The zero-order chi connectivity index (χ0) is 18.0. The number of fused-ring (bicyclic) bond motifs is 5. The quantitative estimate of drug-likeness (QED) is 0.257. The third kappa shape index (κ3) is 2.02. The van der Waals surface area contributed by atoms with Crippen LogP contribution < -0.4 is 0 Å². The Kier molecular flexibility index (Phi) is 3.09. The Morgan fingerprint density at radius 3 is 2.11 bits per heavy atom. The van der Waals surface area contributed by atoms with Crippen LogP contribution in [0.1, 0.15) is 0 Å². The van der Waals surface area contributed by atoms with E-state index >= 15 is 0 Å². The molecule has 1 aliphatic carbocycles. The second-order valence-electron chi connectivity index (χ2n) is 6.92. The molecule has 2 heteroatoms. The van der Waals surface area contributed by atoms with Crippen molar-refractivity contribution in [2.75, 3.05) is 0 Å². The Morgan fingerprint density at radius 2 is 1.30 bits per heavy atom. The summed E-state index contributed by atoms with van der Waals surface area (Å²) in [7, 11) is 0. The normalized spacial score (nSPS) is 11.9. The molecule has 0 N–H and O–H groups in total. The summed E-state index contributed by atoms with van der Waals surface area (Å²) in [4.78, 5) is 5.11. The highest BCUT2D eigenvalue weighted by Gasteiger charge is 2.27. The van der Waals surface area contributed by atoms with Gasteiger partial charge in [0.1, 0.15) is 0 Å². The Hall–Kier alpha value is -2.97. The fourth-order valence-corrected chi connectivity index (χ4v) is 4.94. The van der Waals surface area contributed by atoms with E-state index in [1.54, 1.807) is 0 Å². The van der Waals surface area contributed by atoms with E-state index in [1.807, 2.05) is 6.07 Å². The molecule has 1 heterocycles. The molecule has 0 fully saturated rings. The largest absolute Gasteiger partial charge is 0.247 e. The number of hydrogen-bond donors (Lipinski definition) is 0. The summed E-state index contributed by atoms with van der Waals surface area (Å²) in [6.45, 7) is 0. The Morgan fingerprint density at radius 1 is 0.630 bits per heavy atom. The fraction of sp³-hybridized carbons (Fsp3) is 0. The molecule has 0 amide bonds. The average Bonchev–Trinajstić information content (AvgIpc) is 3.07. The first-order chi connectivity index (χ1) is 13.3. The van der Waals surface area contributed by atoms with Gasteiger partial charge in [-0.25, -0.2) is 4.98 Å². The van der Waals surface area contributed by atoms with Gasteiger partial charge in [0, 0.05) is 31.9 Å². The SMILES string of the molecule is Brc1c2ccccc2c2c3c(nc(-c4ccccc4)cc13)-c1ccccc1-2. The van der Waals surface area contributed by atoms with Gasteiger partial charge in [-0.2, -0.15) is 0 Å². The number of pyridine rings is 1.